The van der Waals surface area contributed by atoms with Gasteiger partial charge in [0.1, 0.15) is 11.6 Å². The molecule has 7 heteroatoms. The quantitative estimate of drug-likeness (QED) is 0.589. The third kappa shape index (κ3) is 5.22. The molecule has 5 nitrogen and oxygen atoms in total. The van der Waals surface area contributed by atoms with Gasteiger partial charge in [-0.05, 0) is 49.0 Å². The lowest BCUT2D eigenvalue weighted by Crippen LogP contribution is -2.28. The second-order valence-electron chi connectivity index (χ2n) is 5.64. The van der Waals surface area contributed by atoms with Gasteiger partial charge in [0, 0.05) is 24.0 Å². The Morgan fingerprint density at radius 2 is 1.77 bits per heavy atom. The second kappa shape index (κ2) is 8.35. The summed E-state index contributed by atoms with van der Waals surface area (Å²) in [6.07, 6.45) is 0. The monoisotopic (exact) mass is 367 g/mol. The van der Waals surface area contributed by atoms with Gasteiger partial charge in [0.05, 0.1) is 0 Å². The minimum atomic E-state index is -0.286. The van der Waals surface area contributed by atoms with Crippen LogP contribution in [0, 0.1) is 12.7 Å². The Balaban J connectivity index is 1.63. The molecule has 3 N–H and O–H groups in total. The number of benzene rings is 2. The van der Waals surface area contributed by atoms with Crippen LogP contribution in [0.25, 0.3) is 0 Å². The molecule has 0 spiro atoms. The van der Waals surface area contributed by atoms with Gasteiger partial charge in [-0.2, -0.15) is 4.98 Å². The number of aryl methyl sites for hydroxylation is 1. The van der Waals surface area contributed by atoms with Crippen LogP contribution in [-0.2, 0) is 6.54 Å². The highest BCUT2D eigenvalue weighted by Crippen LogP contribution is 2.17. The molecular weight excluding hydrogens is 349 g/mol. The minimum absolute atomic E-state index is 0.286. The fraction of sp³-hybridized carbons (Fsp3) is 0.105. The van der Waals surface area contributed by atoms with Crippen LogP contribution in [0.5, 0.6) is 0 Å². The van der Waals surface area contributed by atoms with E-state index >= 15 is 0 Å². The molecule has 1 aromatic heterocycles. The Kier molecular flexibility index (Phi) is 5.70. The lowest BCUT2D eigenvalue weighted by molar-refractivity contribution is 0.628. The maximum absolute atomic E-state index is 13.0. The fourth-order valence-electron chi connectivity index (χ4n) is 2.29. The number of hydrogen-bond acceptors (Lipinski definition) is 4. The first-order chi connectivity index (χ1) is 12.6. The van der Waals surface area contributed by atoms with Gasteiger partial charge in [0.2, 0.25) is 5.95 Å². The van der Waals surface area contributed by atoms with Crippen LogP contribution in [0.2, 0.25) is 0 Å². The van der Waals surface area contributed by atoms with Gasteiger partial charge in [-0.15, -0.1) is 0 Å². The summed E-state index contributed by atoms with van der Waals surface area (Å²) in [4.78, 5) is 8.73. The van der Waals surface area contributed by atoms with Crippen molar-refractivity contribution in [3.05, 3.63) is 77.7 Å². The highest BCUT2D eigenvalue weighted by molar-refractivity contribution is 7.80. The molecule has 0 aliphatic rings. The predicted molar refractivity (Wildman–Crippen MR) is 106 cm³/mol. The number of thiocarbonyl (C=S) groups is 1. The van der Waals surface area contributed by atoms with E-state index in [1.165, 1.54) is 12.1 Å². The van der Waals surface area contributed by atoms with E-state index in [1.807, 2.05) is 37.3 Å². The smallest absolute Gasteiger partial charge is 0.231 e. The van der Waals surface area contributed by atoms with Crippen LogP contribution in [0.1, 0.15) is 11.3 Å². The van der Waals surface area contributed by atoms with Gasteiger partial charge in [-0.3, -0.25) is 0 Å². The van der Waals surface area contributed by atoms with Gasteiger partial charge >= 0.3 is 0 Å². The first-order valence-corrected chi connectivity index (χ1v) is 8.46. The largest absolute Gasteiger partial charge is 0.358 e. The zero-order valence-electron chi connectivity index (χ0n) is 14.2. The molecule has 3 rings (SSSR count). The van der Waals surface area contributed by atoms with Crippen LogP contribution in [-0.4, -0.2) is 15.1 Å². The summed E-state index contributed by atoms with van der Waals surface area (Å²) in [6.45, 7) is 2.47. The highest BCUT2D eigenvalue weighted by atomic mass is 32.1. The van der Waals surface area contributed by atoms with E-state index in [2.05, 4.69) is 25.9 Å². The first kappa shape index (κ1) is 17.8. The van der Waals surface area contributed by atoms with Crippen molar-refractivity contribution in [2.75, 3.05) is 10.6 Å². The molecule has 0 unspecified atom stereocenters. The molecular formula is C19H18FN5S. The van der Waals surface area contributed by atoms with Crippen molar-refractivity contribution in [2.24, 2.45) is 0 Å². The number of anilines is 3. The molecule has 0 fully saturated rings. The molecule has 1 heterocycles. The van der Waals surface area contributed by atoms with Crippen LogP contribution >= 0.6 is 12.2 Å². The Labute approximate surface area is 156 Å². The number of nitrogens with one attached hydrogen (secondary N) is 3. The van der Waals surface area contributed by atoms with Gasteiger partial charge < -0.3 is 16.0 Å². The van der Waals surface area contributed by atoms with E-state index in [9.17, 15) is 4.39 Å². The summed E-state index contributed by atoms with van der Waals surface area (Å²) in [5, 5.41) is 9.67. The van der Waals surface area contributed by atoms with Crippen molar-refractivity contribution < 1.29 is 4.39 Å². The average Bonchev–Trinajstić information content (AvgIpc) is 2.62. The fourth-order valence-corrected chi connectivity index (χ4v) is 2.46. The van der Waals surface area contributed by atoms with E-state index < -0.39 is 0 Å². The molecule has 0 bridgehead atoms. The summed E-state index contributed by atoms with van der Waals surface area (Å²) in [6, 6.07) is 17.8. The zero-order valence-corrected chi connectivity index (χ0v) is 15.0. The molecule has 26 heavy (non-hydrogen) atoms. The number of hydrogen-bond donors (Lipinski definition) is 3. The van der Waals surface area contributed by atoms with Crippen LogP contribution < -0.4 is 16.0 Å². The molecule has 0 aliphatic heterocycles. The van der Waals surface area contributed by atoms with Crippen molar-refractivity contribution >= 4 is 34.8 Å². The van der Waals surface area contributed by atoms with Crippen LogP contribution in [0.15, 0.2) is 60.7 Å². The van der Waals surface area contributed by atoms with Crippen molar-refractivity contribution in [3.8, 4) is 0 Å². The Hall–Kier alpha value is -3.06. The molecule has 0 saturated carbocycles. The molecule has 0 saturated heterocycles. The summed E-state index contributed by atoms with van der Waals surface area (Å²) in [5.41, 5.74) is 2.64. The van der Waals surface area contributed by atoms with Crippen molar-refractivity contribution in [1.29, 1.82) is 0 Å². The van der Waals surface area contributed by atoms with Crippen molar-refractivity contribution in [3.63, 3.8) is 0 Å². The maximum Gasteiger partial charge on any atom is 0.231 e. The Bertz CT molecular complexity index is 884. The topological polar surface area (TPSA) is 61.9 Å². The third-order valence-electron chi connectivity index (χ3n) is 3.49. The molecule has 0 aliphatic carbocycles. The summed E-state index contributed by atoms with van der Waals surface area (Å²) in [7, 11) is 0. The van der Waals surface area contributed by atoms with E-state index in [4.69, 9.17) is 12.2 Å². The second-order valence-corrected chi connectivity index (χ2v) is 6.05. The van der Waals surface area contributed by atoms with E-state index in [-0.39, 0.29) is 5.82 Å². The van der Waals surface area contributed by atoms with Gasteiger partial charge in [0.25, 0.3) is 0 Å². The Morgan fingerprint density at radius 3 is 2.50 bits per heavy atom. The van der Waals surface area contributed by atoms with Crippen LogP contribution in [0.3, 0.4) is 0 Å². The van der Waals surface area contributed by atoms with Crippen LogP contribution in [0.4, 0.5) is 21.8 Å². The molecule has 0 radical (unpaired) electrons. The first-order valence-electron chi connectivity index (χ1n) is 8.05. The molecule has 132 valence electrons. The lowest BCUT2D eigenvalue weighted by atomic mass is 10.2. The predicted octanol–water partition coefficient (Wildman–Crippen LogP) is 4.15. The summed E-state index contributed by atoms with van der Waals surface area (Å²) >= 11 is 5.30. The average molecular weight is 367 g/mol. The zero-order chi connectivity index (χ0) is 18.4. The van der Waals surface area contributed by atoms with Gasteiger partial charge in [-0.25, -0.2) is 9.37 Å². The van der Waals surface area contributed by atoms with Crippen molar-refractivity contribution in [2.45, 2.75) is 13.5 Å². The molecule has 0 amide bonds. The number of rotatable bonds is 5. The van der Waals surface area contributed by atoms with E-state index in [0.717, 1.165) is 16.9 Å². The standard InChI is InChI=1S/C19H18FN5S/c1-13-11-17(23-16-9-7-15(20)8-10-16)24-18(22-13)25-19(26)21-12-14-5-3-2-4-6-14/h2-11H,12H2,1H3,(H3,21,22,23,24,25,26). The highest BCUT2D eigenvalue weighted by Gasteiger charge is 2.05. The Morgan fingerprint density at radius 1 is 1.04 bits per heavy atom. The van der Waals surface area contributed by atoms with E-state index in [0.29, 0.717) is 23.4 Å². The number of aromatic nitrogens is 2. The molecule has 2 aromatic carbocycles. The van der Waals surface area contributed by atoms with Gasteiger partial charge in [-0.1, -0.05) is 30.3 Å². The lowest BCUT2D eigenvalue weighted by Gasteiger charge is -2.12. The van der Waals surface area contributed by atoms with Gasteiger partial charge in [0.15, 0.2) is 5.11 Å². The number of nitrogens with zero attached hydrogens (tertiary/aromatic N) is 2. The SMILES string of the molecule is Cc1cc(Nc2ccc(F)cc2)nc(NC(=S)NCc2ccccc2)n1. The van der Waals surface area contributed by atoms with E-state index in [1.54, 1.807) is 18.2 Å². The molecule has 0 atom stereocenters. The summed E-state index contributed by atoms with van der Waals surface area (Å²) < 4.78 is 13.0. The molecule has 3 aromatic rings. The van der Waals surface area contributed by atoms with Crippen molar-refractivity contribution in [1.82, 2.24) is 15.3 Å². The normalized spacial score (nSPS) is 10.2. The minimum Gasteiger partial charge on any atom is -0.358 e. The number of halogens is 1. The summed E-state index contributed by atoms with van der Waals surface area (Å²) in [5.74, 6) is 0.698. The third-order valence-corrected chi connectivity index (χ3v) is 3.74. The maximum atomic E-state index is 13.0.